The Hall–Kier alpha value is -1.22. The van der Waals surface area contributed by atoms with Crippen LogP contribution in [0.1, 0.15) is 31.2 Å². The molecular formula is C15H22N2O. The molecule has 98 valence electrons. The predicted octanol–water partition coefficient (Wildman–Crippen LogP) is 2.74. The Balaban J connectivity index is 1.70. The normalized spacial score (nSPS) is 22.1. The molecule has 2 aliphatic rings. The highest BCUT2D eigenvalue weighted by Crippen LogP contribution is 2.39. The van der Waals surface area contributed by atoms with Crippen molar-refractivity contribution in [1.29, 1.82) is 0 Å². The van der Waals surface area contributed by atoms with Gasteiger partial charge in [-0.15, -0.1) is 0 Å². The van der Waals surface area contributed by atoms with Gasteiger partial charge in [-0.25, -0.2) is 0 Å². The summed E-state index contributed by atoms with van der Waals surface area (Å²) in [7, 11) is 0. The minimum absolute atomic E-state index is 0.358. The van der Waals surface area contributed by atoms with Crippen LogP contribution < -0.4 is 5.32 Å². The van der Waals surface area contributed by atoms with Gasteiger partial charge < -0.3 is 10.4 Å². The molecule has 0 bridgehead atoms. The molecule has 3 heteroatoms. The van der Waals surface area contributed by atoms with E-state index < -0.39 is 0 Å². The summed E-state index contributed by atoms with van der Waals surface area (Å²) in [4.78, 5) is 2.63. The van der Waals surface area contributed by atoms with Crippen LogP contribution in [0.5, 0.6) is 5.75 Å². The zero-order chi connectivity index (χ0) is 12.6. The van der Waals surface area contributed by atoms with E-state index in [1.54, 1.807) is 0 Å². The zero-order valence-corrected chi connectivity index (χ0v) is 11.1. The molecule has 0 aromatic heterocycles. The highest BCUT2D eigenvalue weighted by atomic mass is 16.3. The molecule has 0 unspecified atom stereocenters. The number of phenols is 1. The third-order valence-electron chi connectivity index (χ3n) is 4.57. The molecule has 0 spiro atoms. The number of hydrogen-bond donors (Lipinski definition) is 2. The highest BCUT2D eigenvalue weighted by molar-refractivity contribution is 5.57. The minimum Gasteiger partial charge on any atom is -0.506 e. The Kier molecular flexibility index (Phi) is 2.94. The second-order valence-corrected chi connectivity index (χ2v) is 5.79. The van der Waals surface area contributed by atoms with Crippen LogP contribution in [-0.4, -0.2) is 35.2 Å². The van der Waals surface area contributed by atoms with Crippen molar-refractivity contribution < 1.29 is 5.11 Å². The third-order valence-corrected chi connectivity index (χ3v) is 4.57. The van der Waals surface area contributed by atoms with Gasteiger partial charge in [0, 0.05) is 12.1 Å². The van der Waals surface area contributed by atoms with Gasteiger partial charge in [0.1, 0.15) is 5.75 Å². The number of anilines is 1. The van der Waals surface area contributed by atoms with E-state index in [-0.39, 0.29) is 0 Å². The smallest absolute Gasteiger partial charge is 0.138 e. The molecule has 0 saturated carbocycles. The molecule has 3 nitrogen and oxygen atoms in total. The van der Waals surface area contributed by atoms with Crippen molar-refractivity contribution in [2.24, 2.45) is 0 Å². The lowest BCUT2D eigenvalue weighted by Gasteiger charge is -2.32. The maximum Gasteiger partial charge on any atom is 0.138 e. The van der Waals surface area contributed by atoms with E-state index in [2.05, 4.69) is 10.2 Å². The van der Waals surface area contributed by atoms with E-state index in [1.807, 2.05) is 25.1 Å². The molecule has 3 rings (SSSR count). The van der Waals surface area contributed by atoms with Crippen molar-refractivity contribution in [3.63, 3.8) is 0 Å². The Morgan fingerprint density at radius 2 is 2.00 bits per heavy atom. The van der Waals surface area contributed by atoms with Crippen LogP contribution in [0.3, 0.4) is 0 Å². The van der Waals surface area contributed by atoms with Crippen LogP contribution in [-0.2, 0) is 0 Å². The number of rotatable bonds is 3. The second kappa shape index (κ2) is 4.47. The standard InChI is InChI=1S/C15H22N2O/c1-12-4-5-13(14(18)10-12)16-11-15-6-2-8-17(15)9-3-7-15/h4-5,10,16,18H,2-3,6-9,11H2,1H3. The highest BCUT2D eigenvalue weighted by Gasteiger charge is 2.43. The number of benzene rings is 1. The molecule has 0 radical (unpaired) electrons. The molecule has 0 amide bonds. The average Bonchev–Trinajstić information content (AvgIpc) is 2.87. The Morgan fingerprint density at radius 3 is 2.67 bits per heavy atom. The summed E-state index contributed by atoms with van der Waals surface area (Å²) in [6.07, 6.45) is 5.24. The topological polar surface area (TPSA) is 35.5 Å². The molecule has 2 heterocycles. The quantitative estimate of drug-likeness (QED) is 0.805. The number of fused-ring (bicyclic) bond motifs is 1. The molecule has 2 fully saturated rings. The van der Waals surface area contributed by atoms with Crippen molar-refractivity contribution in [2.45, 2.75) is 38.1 Å². The lowest BCUT2D eigenvalue weighted by molar-refractivity contribution is 0.209. The second-order valence-electron chi connectivity index (χ2n) is 5.79. The lowest BCUT2D eigenvalue weighted by Crippen LogP contribution is -2.44. The molecule has 2 saturated heterocycles. The predicted molar refractivity (Wildman–Crippen MR) is 74.1 cm³/mol. The third kappa shape index (κ3) is 1.97. The fraction of sp³-hybridized carbons (Fsp3) is 0.600. The molecule has 1 aromatic carbocycles. The first-order chi connectivity index (χ1) is 8.70. The van der Waals surface area contributed by atoms with Crippen molar-refractivity contribution in [3.05, 3.63) is 23.8 Å². The van der Waals surface area contributed by atoms with Crippen LogP contribution in [0, 0.1) is 6.92 Å². The molecule has 2 N–H and O–H groups in total. The summed E-state index contributed by atoms with van der Waals surface area (Å²) < 4.78 is 0. The molecular weight excluding hydrogens is 224 g/mol. The maximum absolute atomic E-state index is 9.93. The molecule has 1 aromatic rings. The van der Waals surface area contributed by atoms with Crippen LogP contribution in [0.15, 0.2) is 18.2 Å². The van der Waals surface area contributed by atoms with Gasteiger partial charge in [-0.2, -0.15) is 0 Å². The zero-order valence-electron chi connectivity index (χ0n) is 11.1. The van der Waals surface area contributed by atoms with Gasteiger partial charge in [-0.1, -0.05) is 6.07 Å². The summed E-state index contributed by atoms with van der Waals surface area (Å²) in [5.74, 6) is 0.369. The SMILES string of the molecule is Cc1ccc(NCC23CCCN2CCC3)c(O)c1. The number of phenolic OH excluding ortho intramolecular Hbond substituents is 1. The van der Waals surface area contributed by atoms with Crippen molar-refractivity contribution in [2.75, 3.05) is 25.0 Å². The van der Waals surface area contributed by atoms with Crippen LogP contribution >= 0.6 is 0 Å². The van der Waals surface area contributed by atoms with Crippen molar-refractivity contribution in [1.82, 2.24) is 4.90 Å². The number of aryl methyl sites for hydroxylation is 1. The van der Waals surface area contributed by atoms with Crippen molar-refractivity contribution >= 4 is 5.69 Å². The first-order valence-electron chi connectivity index (χ1n) is 6.98. The minimum atomic E-state index is 0.358. The van der Waals surface area contributed by atoms with Gasteiger partial charge in [0.15, 0.2) is 0 Å². The van der Waals surface area contributed by atoms with E-state index >= 15 is 0 Å². The number of aromatic hydroxyl groups is 1. The summed E-state index contributed by atoms with van der Waals surface area (Å²) in [5.41, 5.74) is 2.32. The first kappa shape index (κ1) is 11.8. The molecule has 0 aliphatic carbocycles. The molecule has 2 aliphatic heterocycles. The summed E-state index contributed by atoms with van der Waals surface area (Å²) >= 11 is 0. The fourth-order valence-electron chi connectivity index (χ4n) is 3.56. The average molecular weight is 246 g/mol. The summed E-state index contributed by atoms with van der Waals surface area (Å²) in [5, 5.41) is 13.4. The number of hydrogen-bond acceptors (Lipinski definition) is 3. The van der Waals surface area contributed by atoms with Gasteiger partial charge >= 0.3 is 0 Å². The van der Waals surface area contributed by atoms with Crippen molar-refractivity contribution in [3.8, 4) is 5.75 Å². The summed E-state index contributed by atoms with van der Waals surface area (Å²) in [6.45, 7) is 5.46. The van der Waals surface area contributed by atoms with E-state index in [0.717, 1.165) is 17.8 Å². The van der Waals surface area contributed by atoms with E-state index in [4.69, 9.17) is 0 Å². The Labute approximate surface area is 109 Å². The summed E-state index contributed by atoms with van der Waals surface area (Å²) in [6, 6.07) is 5.84. The van der Waals surface area contributed by atoms with Crippen LogP contribution in [0.25, 0.3) is 0 Å². The van der Waals surface area contributed by atoms with Gasteiger partial charge in [0.2, 0.25) is 0 Å². The van der Waals surface area contributed by atoms with E-state index in [1.165, 1.54) is 38.8 Å². The number of nitrogens with zero attached hydrogens (tertiary/aromatic N) is 1. The fourth-order valence-corrected chi connectivity index (χ4v) is 3.56. The van der Waals surface area contributed by atoms with Gasteiger partial charge in [0.05, 0.1) is 5.69 Å². The van der Waals surface area contributed by atoms with Gasteiger partial charge in [-0.3, -0.25) is 4.90 Å². The lowest BCUT2D eigenvalue weighted by atomic mass is 9.94. The van der Waals surface area contributed by atoms with E-state index in [0.29, 0.717) is 11.3 Å². The van der Waals surface area contributed by atoms with E-state index in [9.17, 15) is 5.11 Å². The number of nitrogens with one attached hydrogen (secondary N) is 1. The Morgan fingerprint density at radius 1 is 1.28 bits per heavy atom. The van der Waals surface area contributed by atoms with Crippen LogP contribution in [0.2, 0.25) is 0 Å². The van der Waals surface area contributed by atoms with Crippen LogP contribution in [0.4, 0.5) is 5.69 Å². The maximum atomic E-state index is 9.93. The molecule has 0 atom stereocenters. The van der Waals surface area contributed by atoms with Gasteiger partial charge in [0.25, 0.3) is 0 Å². The Bertz CT molecular complexity index is 434. The largest absolute Gasteiger partial charge is 0.506 e. The first-order valence-corrected chi connectivity index (χ1v) is 6.98. The molecule has 18 heavy (non-hydrogen) atoms. The van der Waals surface area contributed by atoms with Gasteiger partial charge in [-0.05, 0) is 63.4 Å². The monoisotopic (exact) mass is 246 g/mol.